The van der Waals surface area contributed by atoms with Crippen LogP contribution in [0.25, 0.3) is 10.2 Å². The number of nitrogens with zero attached hydrogens (tertiary/aromatic N) is 2. The van der Waals surface area contributed by atoms with Crippen molar-refractivity contribution in [3.63, 3.8) is 0 Å². The second-order valence-corrected chi connectivity index (χ2v) is 7.73. The molecule has 1 aliphatic rings. The predicted molar refractivity (Wildman–Crippen MR) is 85.1 cm³/mol. The van der Waals surface area contributed by atoms with Crippen LogP contribution >= 0.6 is 23.1 Å². The largest absolute Gasteiger partial charge is 0.300 e. The lowest BCUT2D eigenvalue weighted by Gasteiger charge is -2.21. The Morgan fingerprint density at radius 1 is 1.55 bits per heavy atom. The number of thiazole rings is 1. The Balaban J connectivity index is 1.71. The number of nitriles is 1. The van der Waals surface area contributed by atoms with E-state index in [-0.39, 0.29) is 5.54 Å². The molecule has 104 valence electrons. The summed E-state index contributed by atoms with van der Waals surface area (Å²) in [6, 6.07) is 10.7. The highest BCUT2D eigenvalue weighted by molar-refractivity contribution is 8.01. The van der Waals surface area contributed by atoms with Crippen molar-refractivity contribution in [1.29, 1.82) is 5.26 Å². The molecule has 3 nitrogen and oxygen atoms in total. The third-order valence-electron chi connectivity index (χ3n) is 3.74. The zero-order chi connectivity index (χ0) is 14.0. The Hall–Kier alpha value is -1.09. The molecule has 1 saturated carbocycles. The van der Waals surface area contributed by atoms with Crippen molar-refractivity contribution in [2.45, 2.75) is 41.3 Å². The zero-order valence-corrected chi connectivity index (χ0v) is 13.1. The van der Waals surface area contributed by atoms with Gasteiger partial charge in [-0.15, -0.1) is 11.3 Å². The van der Waals surface area contributed by atoms with E-state index in [2.05, 4.69) is 41.5 Å². The third-order valence-corrected chi connectivity index (χ3v) is 6.14. The highest BCUT2D eigenvalue weighted by Crippen LogP contribution is 2.42. The van der Waals surface area contributed by atoms with E-state index < -0.39 is 0 Å². The quantitative estimate of drug-likeness (QED) is 0.933. The van der Waals surface area contributed by atoms with E-state index in [9.17, 15) is 5.26 Å². The van der Waals surface area contributed by atoms with Gasteiger partial charge in [-0.3, -0.25) is 5.32 Å². The second kappa shape index (κ2) is 5.72. The molecule has 1 aromatic carbocycles. The topological polar surface area (TPSA) is 48.7 Å². The van der Waals surface area contributed by atoms with Gasteiger partial charge in [0, 0.05) is 5.25 Å². The maximum absolute atomic E-state index is 9.41. The smallest absolute Gasteiger partial charge is 0.151 e. The second-order valence-electron chi connectivity index (χ2n) is 5.15. The van der Waals surface area contributed by atoms with Gasteiger partial charge in [0.2, 0.25) is 0 Å². The van der Waals surface area contributed by atoms with E-state index in [1.165, 1.54) is 4.70 Å². The molecule has 5 heteroatoms. The number of aromatic nitrogens is 1. The molecule has 3 rings (SSSR count). The van der Waals surface area contributed by atoms with Crippen LogP contribution in [0.5, 0.6) is 0 Å². The van der Waals surface area contributed by atoms with Gasteiger partial charge in [-0.1, -0.05) is 30.8 Å². The summed E-state index contributed by atoms with van der Waals surface area (Å²) in [7, 11) is 0. The highest BCUT2D eigenvalue weighted by atomic mass is 32.2. The maximum atomic E-state index is 9.41. The SMILES string of the molecule is CCNC1(C#N)CCC(Sc2nc3ccccc3s2)C1. The molecule has 0 aliphatic heterocycles. The molecule has 0 radical (unpaired) electrons. The summed E-state index contributed by atoms with van der Waals surface area (Å²) >= 11 is 3.59. The van der Waals surface area contributed by atoms with E-state index in [0.29, 0.717) is 5.25 Å². The molecule has 1 aromatic heterocycles. The lowest BCUT2D eigenvalue weighted by molar-refractivity contribution is 0.436. The molecular formula is C15H17N3S2. The van der Waals surface area contributed by atoms with Crippen LogP contribution in [0.2, 0.25) is 0 Å². The average molecular weight is 303 g/mol. The molecule has 2 aromatic rings. The number of para-hydroxylation sites is 1. The molecule has 0 amide bonds. The van der Waals surface area contributed by atoms with Crippen molar-refractivity contribution >= 4 is 33.3 Å². The summed E-state index contributed by atoms with van der Waals surface area (Å²) < 4.78 is 2.37. The number of hydrogen-bond donors (Lipinski definition) is 1. The van der Waals surface area contributed by atoms with Gasteiger partial charge in [0.1, 0.15) is 5.54 Å². The normalized spacial score (nSPS) is 25.9. The average Bonchev–Trinajstić information content (AvgIpc) is 3.04. The van der Waals surface area contributed by atoms with Gasteiger partial charge in [-0.2, -0.15) is 5.26 Å². The number of nitrogens with one attached hydrogen (secondary N) is 1. The molecule has 2 unspecified atom stereocenters. The number of hydrogen-bond acceptors (Lipinski definition) is 5. The minimum atomic E-state index is -0.316. The van der Waals surface area contributed by atoms with Gasteiger partial charge >= 0.3 is 0 Å². The molecule has 0 spiro atoms. The van der Waals surface area contributed by atoms with Gasteiger partial charge in [-0.25, -0.2) is 4.98 Å². The summed E-state index contributed by atoms with van der Waals surface area (Å²) in [4.78, 5) is 4.67. The predicted octanol–water partition coefficient (Wildman–Crippen LogP) is 3.81. The van der Waals surface area contributed by atoms with Crippen molar-refractivity contribution in [2.24, 2.45) is 0 Å². The van der Waals surface area contributed by atoms with Crippen molar-refractivity contribution in [3.05, 3.63) is 24.3 Å². The van der Waals surface area contributed by atoms with Crippen LogP contribution in [0.3, 0.4) is 0 Å². The van der Waals surface area contributed by atoms with Gasteiger partial charge in [0.05, 0.1) is 16.3 Å². The first kappa shape index (κ1) is 13.9. The molecule has 20 heavy (non-hydrogen) atoms. The summed E-state index contributed by atoms with van der Waals surface area (Å²) in [5, 5.41) is 13.3. The summed E-state index contributed by atoms with van der Waals surface area (Å²) in [6.45, 7) is 2.92. The van der Waals surface area contributed by atoms with Crippen molar-refractivity contribution in [1.82, 2.24) is 10.3 Å². The molecular weight excluding hydrogens is 286 g/mol. The summed E-state index contributed by atoms with van der Waals surface area (Å²) in [5.74, 6) is 0. The Morgan fingerprint density at radius 2 is 2.40 bits per heavy atom. The van der Waals surface area contributed by atoms with Crippen molar-refractivity contribution in [3.8, 4) is 6.07 Å². The zero-order valence-electron chi connectivity index (χ0n) is 11.4. The minimum absolute atomic E-state index is 0.316. The molecule has 0 bridgehead atoms. The van der Waals surface area contributed by atoms with Crippen molar-refractivity contribution < 1.29 is 0 Å². The van der Waals surface area contributed by atoms with Crippen LogP contribution in [0, 0.1) is 11.3 Å². The van der Waals surface area contributed by atoms with E-state index in [1.54, 1.807) is 11.3 Å². The standard InChI is InChI=1S/C15H17N3S2/c1-2-17-15(10-16)8-7-11(9-15)19-14-18-12-5-3-4-6-13(12)20-14/h3-6,11,17H,2,7-9H2,1H3. The molecule has 0 saturated heterocycles. The first-order valence-electron chi connectivity index (χ1n) is 6.93. The molecule has 2 atom stereocenters. The van der Waals surface area contributed by atoms with Crippen LogP contribution < -0.4 is 5.32 Å². The Bertz CT molecular complexity index is 613. The van der Waals surface area contributed by atoms with Gasteiger partial charge < -0.3 is 0 Å². The Labute approximate surface area is 127 Å². The van der Waals surface area contributed by atoms with Crippen LogP contribution in [0.15, 0.2) is 28.6 Å². The number of thioether (sulfide) groups is 1. The van der Waals surface area contributed by atoms with Crippen LogP contribution in [0.1, 0.15) is 26.2 Å². The monoisotopic (exact) mass is 303 g/mol. The lowest BCUT2D eigenvalue weighted by Crippen LogP contribution is -2.41. The van der Waals surface area contributed by atoms with Gasteiger partial charge in [0.25, 0.3) is 0 Å². The summed E-state index contributed by atoms with van der Waals surface area (Å²) in [6.07, 6.45) is 2.94. The van der Waals surface area contributed by atoms with Crippen LogP contribution in [-0.4, -0.2) is 22.3 Å². The molecule has 1 heterocycles. The molecule has 1 fully saturated rings. The van der Waals surface area contributed by atoms with E-state index in [0.717, 1.165) is 35.7 Å². The van der Waals surface area contributed by atoms with Gasteiger partial charge in [0.15, 0.2) is 4.34 Å². The Morgan fingerprint density at radius 3 is 3.15 bits per heavy atom. The summed E-state index contributed by atoms with van der Waals surface area (Å²) in [5.41, 5.74) is 0.763. The fourth-order valence-electron chi connectivity index (χ4n) is 2.78. The number of benzene rings is 1. The highest BCUT2D eigenvalue weighted by Gasteiger charge is 2.39. The number of fused-ring (bicyclic) bond motifs is 1. The first-order valence-corrected chi connectivity index (χ1v) is 8.63. The maximum Gasteiger partial charge on any atom is 0.151 e. The van der Waals surface area contributed by atoms with E-state index >= 15 is 0 Å². The third kappa shape index (κ3) is 2.69. The lowest BCUT2D eigenvalue weighted by atomic mass is 10.0. The Kier molecular flexibility index (Phi) is 3.97. The minimum Gasteiger partial charge on any atom is -0.300 e. The van der Waals surface area contributed by atoms with Crippen LogP contribution in [-0.2, 0) is 0 Å². The first-order chi connectivity index (χ1) is 9.74. The molecule has 1 aliphatic carbocycles. The fraction of sp³-hybridized carbons (Fsp3) is 0.467. The van der Waals surface area contributed by atoms with E-state index in [4.69, 9.17) is 0 Å². The van der Waals surface area contributed by atoms with Crippen LogP contribution in [0.4, 0.5) is 0 Å². The van der Waals surface area contributed by atoms with Crippen molar-refractivity contribution in [2.75, 3.05) is 6.54 Å². The molecule has 1 N–H and O–H groups in total. The van der Waals surface area contributed by atoms with E-state index in [1.807, 2.05) is 17.8 Å². The number of rotatable bonds is 4. The fourth-order valence-corrected chi connectivity index (χ4v) is 5.39. The van der Waals surface area contributed by atoms with Gasteiger partial charge in [-0.05, 0) is 37.9 Å².